The third-order valence-electron chi connectivity index (χ3n) is 7.43. The minimum atomic E-state index is -0.630. The third-order valence-corrected chi connectivity index (χ3v) is 8.43. The van der Waals surface area contributed by atoms with Gasteiger partial charge in [-0.1, -0.05) is 61.7 Å². The van der Waals surface area contributed by atoms with E-state index in [1.54, 1.807) is 11.8 Å². The van der Waals surface area contributed by atoms with Crippen LogP contribution >= 0.6 is 11.8 Å². The van der Waals surface area contributed by atoms with E-state index in [0.29, 0.717) is 32.1 Å². The second kappa shape index (κ2) is 10.4. The van der Waals surface area contributed by atoms with Crippen LogP contribution in [0.15, 0.2) is 70.6 Å². The zero-order chi connectivity index (χ0) is 23.4. The number of primary amides is 1. The van der Waals surface area contributed by atoms with E-state index in [0.717, 1.165) is 10.5 Å². The molecule has 1 amide bonds. The largest absolute Gasteiger partial charge is 0.381 e. The Labute approximate surface area is 206 Å². The highest BCUT2D eigenvalue weighted by Gasteiger charge is 2.40. The van der Waals surface area contributed by atoms with Crippen molar-refractivity contribution in [1.82, 2.24) is 9.78 Å². The van der Waals surface area contributed by atoms with Gasteiger partial charge in [-0.05, 0) is 67.1 Å². The molecule has 6 heteroatoms. The summed E-state index contributed by atoms with van der Waals surface area (Å²) >= 11 is 1.71. The number of rotatable bonds is 6. The van der Waals surface area contributed by atoms with Crippen LogP contribution in [0.2, 0.25) is 0 Å². The number of ether oxygens (including phenoxy) is 1. The van der Waals surface area contributed by atoms with Crippen molar-refractivity contribution in [3.05, 3.63) is 66.4 Å². The fourth-order valence-corrected chi connectivity index (χ4v) is 6.30. The van der Waals surface area contributed by atoms with E-state index < -0.39 is 5.41 Å². The molecule has 0 atom stereocenters. The maximum absolute atomic E-state index is 12.4. The van der Waals surface area contributed by atoms with E-state index in [1.165, 1.54) is 54.7 Å². The number of amides is 1. The molecule has 178 valence electrons. The van der Waals surface area contributed by atoms with Gasteiger partial charge in [0.05, 0.1) is 17.2 Å². The lowest BCUT2D eigenvalue weighted by Crippen LogP contribution is -2.45. The van der Waals surface area contributed by atoms with Crippen LogP contribution in [-0.2, 0) is 14.9 Å². The second-order valence-corrected chi connectivity index (χ2v) is 10.7. The molecule has 2 aromatic carbocycles. The molecule has 2 heterocycles. The van der Waals surface area contributed by atoms with Gasteiger partial charge in [-0.3, -0.25) is 9.48 Å². The van der Waals surface area contributed by atoms with Crippen LogP contribution in [0, 0.1) is 0 Å². The first-order valence-electron chi connectivity index (χ1n) is 12.5. The molecule has 1 saturated carbocycles. The Morgan fingerprint density at radius 1 is 0.971 bits per heavy atom. The first-order valence-corrected chi connectivity index (χ1v) is 13.3. The van der Waals surface area contributed by atoms with E-state index in [2.05, 4.69) is 52.2 Å². The molecule has 1 aromatic heterocycles. The van der Waals surface area contributed by atoms with E-state index in [-0.39, 0.29) is 5.91 Å². The zero-order valence-electron chi connectivity index (χ0n) is 19.6. The molecule has 5 nitrogen and oxygen atoms in total. The topological polar surface area (TPSA) is 70.1 Å². The summed E-state index contributed by atoms with van der Waals surface area (Å²) in [5.41, 5.74) is 8.64. The molecule has 0 radical (unpaired) electrons. The van der Waals surface area contributed by atoms with Crippen LogP contribution < -0.4 is 5.73 Å². The number of hydrogen-bond acceptors (Lipinski definition) is 4. The van der Waals surface area contributed by atoms with Gasteiger partial charge in [-0.2, -0.15) is 5.10 Å². The predicted molar refractivity (Wildman–Crippen MR) is 136 cm³/mol. The number of carbonyl (C=O) groups excluding carboxylic acids is 1. The molecule has 1 saturated heterocycles. The highest BCUT2D eigenvalue weighted by atomic mass is 32.2. The standard InChI is InChI=1S/C28H33N3O2S/c29-27(32)28(15-18-33-19-16-28)22-6-5-9-25(20-22)34-24-12-10-21(11-13-24)26-14-17-30-31(26)23-7-3-1-2-4-8-23/h5-6,9-14,17,20,23H,1-4,7-8,15-16,18-19H2,(H2,29,32). The van der Waals surface area contributed by atoms with Crippen molar-refractivity contribution in [2.75, 3.05) is 13.2 Å². The number of nitrogens with two attached hydrogens (primary N) is 1. The van der Waals surface area contributed by atoms with E-state index >= 15 is 0 Å². The number of carbonyl (C=O) groups is 1. The monoisotopic (exact) mass is 475 g/mol. The highest BCUT2D eigenvalue weighted by molar-refractivity contribution is 7.99. The Bertz CT molecular complexity index is 1110. The molecular formula is C28H33N3O2S. The van der Waals surface area contributed by atoms with Crippen molar-refractivity contribution in [3.8, 4) is 11.3 Å². The maximum atomic E-state index is 12.4. The van der Waals surface area contributed by atoms with Crippen LogP contribution in [0.25, 0.3) is 11.3 Å². The fraction of sp³-hybridized carbons (Fsp3) is 0.429. The van der Waals surface area contributed by atoms with Gasteiger partial charge < -0.3 is 10.5 Å². The van der Waals surface area contributed by atoms with Crippen LogP contribution in [0.1, 0.15) is 63.0 Å². The summed E-state index contributed by atoms with van der Waals surface area (Å²) in [6.07, 6.45) is 10.9. The van der Waals surface area contributed by atoms with E-state index in [9.17, 15) is 4.79 Å². The average Bonchev–Trinajstić information content (AvgIpc) is 3.20. The lowest BCUT2D eigenvalue weighted by Gasteiger charge is -2.34. The Morgan fingerprint density at radius 2 is 1.71 bits per heavy atom. The molecule has 0 unspecified atom stereocenters. The fourth-order valence-electron chi connectivity index (χ4n) is 5.42. The van der Waals surface area contributed by atoms with Crippen molar-refractivity contribution in [2.45, 2.75) is 72.6 Å². The number of benzene rings is 2. The minimum Gasteiger partial charge on any atom is -0.381 e. The predicted octanol–water partition coefficient (Wildman–Crippen LogP) is 6.13. The van der Waals surface area contributed by atoms with Gasteiger partial charge in [0.15, 0.2) is 0 Å². The Morgan fingerprint density at radius 3 is 2.41 bits per heavy atom. The molecule has 2 fully saturated rings. The first kappa shape index (κ1) is 23.2. The molecule has 1 aliphatic carbocycles. The lowest BCUT2D eigenvalue weighted by molar-refractivity contribution is -0.127. The summed E-state index contributed by atoms with van der Waals surface area (Å²) in [5, 5.41) is 4.69. The zero-order valence-corrected chi connectivity index (χ0v) is 20.4. The summed E-state index contributed by atoms with van der Waals surface area (Å²) in [4.78, 5) is 14.7. The van der Waals surface area contributed by atoms with Gasteiger partial charge in [0.2, 0.25) is 5.91 Å². The molecule has 0 spiro atoms. The molecule has 0 bridgehead atoms. The van der Waals surface area contributed by atoms with Gasteiger partial charge in [0, 0.05) is 29.2 Å². The molecule has 34 heavy (non-hydrogen) atoms. The number of nitrogens with zero attached hydrogens (tertiary/aromatic N) is 2. The quantitative estimate of drug-likeness (QED) is 0.435. The van der Waals surface area contributed by atoms with Gasteiger partial charge in [-0.25, -0.2) is 0 Å². The Kier molecular flexibility index (Phi) is 7.07. The van der Waals surface area contributed by atoms with Gasteiger partial charge in [-0.15, -0.1) is 0 Å². The van der Waals surface area contributed by atoms with E-state index in [4.69, 9.17) is 10.5 Å². The van der Waals surface area contributed by atoms with Crippen LogP contribution in [0.4, 0.5) is 0 Å². The number of hydrogen-bond donors (Lipinski definition) is 1. The minimum absolute atomic E-state index is 0.257. The molecule has 5 rings (SSSR count). The number of aromatic nitrogens is 2. The summed E-state index contributed by atoms with van der Waals surface area (Å²) in [6, 6.07) is 19.6. The first-order chi connectivity index (χ1) is 16.7. The smallest absolute Gasteiger partial charge is 0.228 e. The third kappa shape index (κ3) is 4.80. The van der Waals surface area contributed by atoms with Crippen LogP contribution in [0.3, 0.4) is 0 Å². The van der Waals surface area contributed by atoms with Gasteiger partial charge >= 0.3 is 0 Å². The summed E-state index contributed by atoms with van der Waals surface area (Å²) in [6.45, 7) is 1.14. The van der Waals surface area contributed by atoms with Crippen molar-refractivity contribution in [3.63, 3.8) is 0 Å². The molecule has 3 aromatic rings. The molecule has 2 aliphatic rings. The van der Waals surface area contributed by atoms with Crippen molar-refractivity contribution in [2.24, 2.45) is 5.73 Å². The second-order valence-electron chi connectivity index (χ2n) is 9.52. The van der Waals surface area contributed by atoms with Crippen molar-refractivity contribution >= 4 is 17.7 Å². The van der Waals surface area contributed by atoms with E-state index in [1.807, 2.05) is 18.3 Å². The Hall–Kier alpha value is -2.57. The normalized spacial score (nSPS) is 18.9. The van der Waals surface area contributed by atoms with Gasteiger partial charge in [0.25, 0.3) is 0 Å². The summed E-state index contributed by atoms with van der Waals surface area (Å²) < 4.78 is 7.74. The SMILES string of the molecule is NC(=O)C1(c2cccc(Sc3ccc(-c4ccnn4C4CCCCCC4)cc3)c2)CCOCC1. The van der Waals surface area contributed by atoms with Crippen molar-refractivity contribution in [1.29, 1.82) is 0 Å². The molecule has 2 N–H and O–H groups in total. The summed E-state index contributed by atoms with van der Waals surface area (Å²) in [5.74, 6) is -0.257. The van der Waals surface area contributed by atoms with Crippen LogP contribution in [-0.4, -0.2) is 28.9 Å². The molecular weight excluding hydrogens is 442 g/mol. The Balaban J connectivity index is 1.34. The highest BCUT2D eigenvalue weighted by Crippen LogP contribution is 2.38. The molecule has 1 aliphatic heterocycles. The lowest BCUT2D eigenvalue weighted by atomic mass is 9.73. The van der Waals surface area contributed by atoms with Crippen LogP contribution in [0.5, 0.6) is 0 Å². The maximum Gasteiger partial charge on any atom is 0.228 e. The average molecular weight is 476 g/mol. The van der Waals surface area contributed by atoms with Gasteiger partial charge in [0.1, 0.15) is 0 Å². The van der Waals surface area contributed by atoms with Crippen molar-refractivity contribution < 1.29 is 9.53 Å². The summed E-state index contributed by atoms with van der Waals surface area (Å²) in [7, 11) is 0.